The summed E-state index contributed by atoms with van der Waals surface area (Å²) in [6.45, 7) is 5.22. The predicted molar refractivity (Wildman–Crippen MR) is 124 cm³/mol. The molecule has 2 amide bonds. The average molecular weight is 444 g/mol. The van der Waals surface area contributed by atoms with E-state index in [-0.39, 0.29) is 30.1 Å². The Balaban J connectivity index is 1.45. The quantitative estimate of drug-likeness (QED) is 0.678. The summed E-state index contributed by atoms with van der Waals surface area (Å²) >= 11 is 1.71. The van der Waals surface area contributed by atoms with Crippen molar-refractivity contribution in [2.45, 2.75) is 64.0 Å². The second-order valence-corrected chi connectivity index (χ2v) is 9.96. The Labute approximate surface area is 189 Å². The fourth-order valence-corrected chi connectivity index (χ4v) is 5.63. The van der Waals surface area contributed by atoms with Crippen LogP contribution in [0.5, 0.6) is 0 Å². The minimum absolute atomic E-state index is 0.00332. The highest BCUT2D eigenvalue weighted by atomic mass is 32.2. The van der Waals surface area contributed by atoms with Gasteiger partial charge in [-0.05, 0) is 24.3 Å². The zero-order valence-electron chi connectivity index (χ0n) is 18.4. The number of nitrogens with zero attached hydrogens (tertiary/aromatic N) is 3. The summed E-state index contributed by atoms with van der Waals surface area (Å²) in [5.41, 5.74) is 4.45. The van der Waals surface area contributed by atoms with Gasteiger partial charge in [0.05, 0.1) is 5.92 Å². The van der Waals surface area contributed by atoms with Gasteiger partial charge < -0.3 is 15.1 Å². The number of carbonyl (C=O) groups is 2. The average Bonchev–Trinajstić information content (AvgIpc) is 3.21. The number of amides is 2. The molecule has 0 aromatic heterocycles. The second-order valence-electron chi connectivity index (χ2n) is 9.02. The zero-order chi connectivity index (χ0) is 21.8. The van der Waals surface area contributed by atoms with E-state index in [1.807, 2.05) is 11.0 Å². The maximum absolute atomic E-state index is 13.3. The SMILES string of the molecule is CC(C)CNC(=O)CCN1C(=O)C2CCCCC2N2C(SCc3ccccc3)=NNC12. The molecular formula is C23H33N5O2S. The first-order valence-electron chi connectivity index (χ1n) is 11.4. The van der Waals surface area contributed by atoms with Crippen LogP contribution in [-0.4, -0.2) is 52.2 Å². The summed E-state index contributed by atoms with van der Waals surface area (Å²) in [5.74, 6) is 1.41. The number of carbonyl (C=O) groups excluding carboxylic acids is 2. The van der Waals surface area contributed by atoms with Gasteiger partial charge in [0.2, 0.25) is 11.8 Å². The number of thioether (sulfide) groups is 1. The lowest BCUT2D eigenvalue weighted by molar-refractivity contribution is -0.155. The van der Waals surface area contributed by atoms with Crippen LogP contribution in [0.2, 0.25) is 0 Å². The Bertz CT molecular complexity index is 815. The number of nitrogens with one attached hydrogen (secondary N) is 2. The van der Waals surface area contributed by atoms with E-state index >= 15 is 0 Å². The largest absolute Gasteiger partial charge is 0.356 e. The summed E-state index contributed by atoms with van der Waals surface area (Å²) in [6.07, 6.45) is 4.19. The van der Waals surface area contributed by atoms with Crippen LogP contribution in [0.15, 0.2) is 35.4 Å². The summed E-state index contributed by atoms with van der Waals surface area (Å²) in [6, 6.07) is 10.6. The van der Waals surface area contributed by atoms with E-state index in [1.54, 1.807) is 11.8 Å². The molecule has 2 aliphatic heterocycles. The normalized spacial score (nSPS) is 25.1. The molecule has 0 bridgehead atoms. The Morgan fingerprint density at radius 2 is 2.03 bits per heavy atom. The molecule has 7 nitrogen and oxygen atoms in total. The number of amidine groups is 1. The van der Waals surface area contributed by atoms with Crippen molar-refractivity contribution in [2.75, 3.05) is 13.1 Å². The minimum atomic E-state index is -0.289. The lowest BCUT2D eigenvalue weighted by Gasteiger charge is -2.50. The molecule has 2 N–H and O–H groups in total. The number of hydrazone groups is 1. The molecule has 1 aromatic carbocycles. The van der Waals surface area contributed by atoms with E-state index < -0.39 is 0 Å². The van der Waals surface area contributed by atoms with Crippen LogP contribution in [0.1, 0.15) is 51.5 Å². The van der Waals surface area contributed by atoms with Crippen LogP contribution in [0, 0.1) is 11.8 Å². The van der Waals surface area contributed by atoms with Gasteiger partial charge in [-0.25, -0.2) is 0 Å². The van der Waals surface area contributed by atoms with Crippen molar-refractivity contribution >= 4 is 28.7 Å². The van der Waals surface area contributed by atoms with Gasteiger partial charge in [0, 0.05) is 31.3 Å². The first kappa shape index (κ1) is 22.0. The molecule has 4 rings (SSSR count). The smallest absolute Gasteiger partial charge is 0.230 e. The summed E-state index contributed by atoms with van der Waals surface area (Å²) < 4.78 is 0. The summed E-state index contributed by atoms with van der Waals surface area (Å²) in [4.78, 5) is 29.8. The molecule has 3 atom stereocenters. The van der Waals surface area contributed by atoms with Crippen molar-refractivity contribution < 1.29 is 9.59 Å². The maximum atomic E-state index is 13.3. The second kappa shape index (κ2) is 9.94. The standard InChI is InChI=1S/C23H33N5O2S/c1-16(2)14-24-20(29)12-13-27-21(30)18-10-6-7-11-19(18)28-22(27)25-26-23(28)31-15-17-8-4-3-5-9-17/h3-5,8-9,16,18-19,22,25H,6-7,10-15H2,1-2H3,(H,24,29). The number of benzene rings is 1. The minimum Gasteiger partial charge on any atom is -0.356 e. The number of rotatable bonds is 7. The maximum Gasteiger partial charge on any atom is 0.230 e. The zero-order valence-corrected chi connectivity index (χ0v) is 19.2. The molecular weight excluding hydrogens is 410 g/mol. The first-order chi connectivity index (χ1) is 15.0. The highest BCUT2D eigenvalue weighted by Gasteiger charge is 2.50. The highest BCUT2D eigenvalue weighted by Crippen LogP contribution is 2.39. The van der Waals surface area contributed by atoms with E-state index in [4.69, 9.17) is 0 Å². The molecule has 1 saturated carbocycles. The lowest BCUT2D eigenvalue weighted by atomic mass is 9.81. The molecule has 2 heterocycles. The van der Waals surface area contributed by atoms with Gasteiger partial charge >= 0.3 is 0 Å². The van der Waals surface area contributed by atoms with Crippen molar-refractivity contribution in [3.05, 3.63) is 35.9 Å². The molecule has 8 heteroatoms. The van der Waals surface area contributed by atoms with Gasteiger partial charge in [-0.2, -0.15) is 5.10 Å². The Hall–Kier alpha value is -2.22. The topological polar surface area (TPSA) is 77.0 Å². The van der Waals surface area contributed by atoms with Gasteiger partial charge in [0.25, 0.3) is 0 Å². The van der Waals surface area contributed by atoms with E-state index in [1.165, 1.54) is 5.56 Å². The molecule has 1 aliphatic carbocycles. The number of hydrogen-bond acceptors (Lipinski definition) is 6. The van der Waals surface area contributed by atoms with Crippen molar-refractivity contribution in [2.24, 2.45) is 16.9 Å². The molecule has 168 valence electrons. The molecule has 0 spiro atoms. The first-order valence-corrected chi connectivity index (χ1v) is 12.4. The third-order valence-corrected chi connectivity index (χ3v) is 7.28. The van der Waals surface area contributed by atoms with E-state index in [0.717, 1.165) is 36.6 Å². The lowest BCUT2D eigenvalue weighted by Crippen LogP contribution is -2.67. The van der Waals surface area contributed by atoms with Gasteiger partial charge in [-0.1, -0.05) is 68.8 Å². The third kappa shape index (κ3) is 5.00. The van der Waals surface area contributed by atoms with Crippen molar-refractivity contribution in [3.63, 3.8) is 0 Å². The van der Waals surface area contributed by atoms with Crippen LogP contribution in [0.3, 0.4) is 0 Å². The monoisotopic (exact) mass is 443 g/mol. The summed E-state index contributed by atoms with van der Waals surface area (Å²) in [5, 5.41) is 8.53. The van der Waals surface area contributed by atoms with Crippen LogP contribution in [-0.2, 0) is 15.3 Å². The van der Waals surface area contributed by atoms with Crippen LogP contribution in [0.4, 0.5) is 0 Å². The van der Waals surface area contributed by atoms with Gasteiger partial charge in [-0.3, -0.25) is 15.0 Å². The summed E-state index contributed by atoms with van der Waals surface area (Å²) in [7, 11) is 0. The van der Waals surface area contributed by atoms with Crippen molar-refractivity contribution in [1.82, 2.24) is 20.5 Å². The van der Waals surface area contributed by atoms with Crippen molar-refractivity contribution in [1.29, 1.82) is 0 Å². The van der Waals surface area contributed by atoms with Crippen LogP contribution < -0.4 is 10.7 Å². The van der Waals surface area contributed by atoms with E-state index in [9.17, 15) is 9.59 Å². The third-order valence-electron chi connectivity index (χ3n) is 6.24. The molecule has 1 aromatic rings. The Morgan fingerprint density at radius 1 is 1.26 bits per heavy atom. The fourth-order valence-electron chi connectivity index (χ4n) is 4.64. The van der Waals surface area contributed by atoms with E-state index in [2.05, 4.69) is 58.9 Å². The Morgan fingerprint density at radius 3 is 2.81 bits per heavy atom. The fraction of sp³-hybridized carbons (Fsp3) is 0.609. The molecule has 0 radical (unpaired) electrons. The molecule has 3 aliphatic rings. The van der Waals surface area contributed by atoms with Crippen molar-refractivity contribution in [3.8, 4) is 0 Å². The van der Waals surface area contributed by atoms with Crippen LogP contribution in [0.25, 0.3) is 0 Å². The predicted octanol–water partition coefficient (Wildman–Crippen LogP) is 2.94. The van der Waals surface area contributed by atoms with E-state index in [0.29, 0.717) is 25.4 Å². The van der Waals surface area contributed by atoms with Gasteiger partial charge in [0.1, 0.15) is 0 Å². The number of hydrogen-bond donors (Lipinski definition) is 2. The molecule has 31 heavy (non-hydrogen) atoms. The molecule has 2 fully saturated rings. The highest BCUT2D eigenvalue weighted by molar-refractivity contribution is 8.13. The molecule has 3 unspecified atom stereocenters. The van der Waals surface area contributed by atoms with Gasteiger partial charge in [0.15, 0.2) is 11.5 Å². The van der Waals surface area contributed by atoms with Crippen LogP contribution >= 0.6 is 11.8 Å². The molecule has 1 saturated heterocycles. The van der Waals surface area contributed by atoms with Gasteiger partial charge in [-0.15, -0.1) is 0 Å². The number of fused-ring (bicyclic) bond motifs is 3. The Kier molecular flexibility index (Phi) is 7.05.